The van der Waals surface area contributed by atoms with E-state index in [4.69, 9.17) is 37.9 Å². The summed E-state index contributed by atoms with van der Waals surface area (Å²) in [6, 6.07) is 0. The molecule has 25 heavy (non-hydrogen) atoms. The topological polar surface area (TPSA) is 73.8 Å². The third-order valence-corrected chi connectivity index (χ3v) is 2.93. The van der Waals surface area contributed by atoms with Gasteiger partial charge in [0.1, 0.15) is 0 Å². The Bertz CT molecular complexity index is 209. The second-order valence-electron chi connectivity index (χ2n) is 5.01. The second-order valence-corrected chi connectivity index (χ2v) is 5.01. The van der Waals surface area contributed by atoms with Gasteiger partial charge in [0, 0.05) is 27.4 Å². The highest BCUT2D eigenvalue weighted by molar-refractivity contribution is 4.38. The molecule has 0 aromatic heterocycles. The van der Waals surface area contributed by atoms with Gasteiger partial charge in [-0.3, -0.25) is 0 Å². The van der Waals surface area contributed by atoms with Gasteiger partial charge in [-0.1, -0.05) is 0 Å². The Kier molecular flexibility index (Phi) is 23.4. The quantitative estimate of drug-likeness (QED) is 0.260. The Morgan fingerprint density at radius 2 is 0.560 bits per heavy atom. The Labute approximate surface area is 151 Å². The van der Waals surface area contributed by atoms with Gasteiger partial charge in [-0.15, -0.1) is 0 Å². The molecule has 0 heterocycles. The fraction of sp³-hybridized carbons (Fsp3) is 1.00. The Balaban J connectivity index is 2.94. The van der Waals surface area contributed by atoms with Crippen LogP contribution >= 0.6 is 0 Å². The van der Waals surface area contributed by atoms with Gasteiger partial charge < -0.3 is 37.9 Å². The van der Waals surface area contributed by atoms with E-state index in [1.54, 1.807) is 14.2 Å². The molecule has 8 heteroatoms. The molecule has 0 radical (unpaired) electrons. The van der Waals surface area contributed by atoms with Crippen molar-refractivity contribution in [3.8, 4) is 0 Å². The summed E-state index contributed by atoms with van der Waals surface area (Å²) >= 11 is 0. The molecule has 0 amide bonds. The zero-order valence-corrected chi connectivity index (χ0v) is 15.9. The van der Waals surface area contributed by atoms with Gasteiger partial charge in [0.2, 0.25) is 0 Å². The van der Waals surface area contributed by atoms with Gasteiger partial charge in [-0.25, -0.2) is 0 Å². The highest BCUT2D eigenvalue weighted by Crippen LogP contribution is 1.88. The lowest BCUT2D eigenvalue weighted by Crippen LogP contribution is -2.13. The van der Waals surface area contributed by atoms with Gasteiger partial charge in [0.25, 0.3) is 0 Å². The molecule has 0 aromatic carbocycles. The SMILES string of the molecule is COCCOCCOCCOCCCOCCOCCOCCOC. The van der Waals surface area contributed by atoms with Crippen LogP contribution < -0.4 is 0 Å². The molecule has 0 spiro atoms. The van der Waals surface area contributed by atoms with Crippen molar-refractivity contribution >= 4 is 0 Å². The number of methoxy groups -OCH3 is 2. The lowest BCUT2D eigenvalue weighted by molar-refractivity contribution is -0.00710. The fourth-order valence-electron chi connectivity index (χ4n) is 1.63. The predicted octanol–water partition coefficient (Wildman–Crippen LogP) is 0.769. The van der Waals surface area contributed by atoms with Gasteiger partial charge in [0.05, 0.1) is 79.3 Å². The van der Waals surface area contributed by atoms with Crippen molar-refractivity contribution in [1.82, 2.24) is 0 Å². The summed E-state index contributed by atoms with van der Waals surface area (Å²) in [6.45, 7) is 8.41. The van der Waals surface area contributed by atoms with Crippen molar-refractivity contribution in [2.75, 3.05) is 107 Å². The molecule has 152 valence electrons. The summed E-state index contributed by atoms with van der Waals surface area (Å²) in [4.78, 5) is 0. The molecular formula is C17H36O8. The van der Waals surface area contributed by atoms with Crippen LogP contribution in [0.25, 0.3) is 0 Å². The Hall–Kier alpha value is -0.320. The first-order valence-electron chi connectivity index (χ1n) is 8.86. The maximum Gasteiger partial charge on any atom is 0.0701 e. The minimum Gasteiger partial charge on any atom is -0.382 e. The van der Waals surface area contributed by atoms with Gasteiger partial charge in [-0.05, 0) is 6.42 Å². The first-order chi connectivity index (χ1) is 12.4. The van der Waals surface area contributed by atoms with Crippen molar-refractivity contribution in [2.45, 2.75) is 6.42 Å². The van der Waals surface area contributed by atoms with Crippen molar-refractivity contribution in [2.24, 2.45) is 0 Å². The zero-order valence-electron chi connectivity index (χ0n) is 15.9. The van der Waals surface area contributed by atoms with E-state index in [-0.39, 0.29) is 0 Å². The first kappa shape index (κ1) is 24.7. The normalized spacial score (nSPS) is 11.3. The summed E-state index contributed by atoms with van der Waals surface area (Å²) < 4.78 is 41.9. The summed E-state index contributed by atoms with van der Waals surface area (Å²) in [7, 11) is 3.30. The average Bonchev–Trinajstić information content (AvgIpc) is 2.63. The maximum absolute atomic E-state index is 5.45. The van der Waals surface area contributed by atoms with Crippen LogP contribution in [0.4, 0.5) is 0 Å². The molecule has 0 aliphatic carbocycles. The highest BCUT2D eigenvalue weighted by atomic mass is 16.6. The van der Waals surface area contributed by atoms with Crippen molar-refractivity contribution in [3.63, 3.8) is 0 Å². The standard InChI is InChI=1S/C17H36O8/c1-18-6-8-22-14-16-24-12-10-20-4-3-5-21-11-13-25-17-15-23-9-7-19-2/h3-17H2,1-2H3. The van der Waals surface area contributed by atoms with Crippen LogP contribution in [0.2, 0.25) is 0 Å². The third kappa shape index (κ3) is 23.7. The van der Waals surface area contributed by atoms with E-state index in [2.05, 4.69) is 0 Å². The summed E-state index contributed by atoms with van der Waals surface area (Å²) in [6.07, 6.45) is 0.861. The molecular weight excluding hydrogens is 332 g/mol. The van der Waals surface area contributed by atoms with E-state index >= 15 is 0 Å². The van der Waals surface area contributed by atoms with E-state index in [1.165, 1.54) is 0 Å². The van der Waals surface area contributed by atoms with E-state index in [0.717, 1.165) is 6.42 Å². The van der Waals surface area contributed by atoms with Crippen LogP contribution in [-0.4, -0.2) is 107 Å². The van der Waals surface area contributed by atoms with Crippen molar-refractivity contribution in [3.05, 3.63) is 0 Å². The molecule has 0 rings (SSSR count). The van der Waals surface area contributed by atoms with E-state index < -0.39 is 0 Å². The van der Waals surface area contributed by atoms with E-state index in [1.807, 2.05) is 0 Å². The van der Waals surface area contributed by atoms with Crippen molar-refractivity contribution in [1.29, 1.82) is 0 Å². The minimum atomic E-state index is 0.577. The molecule has 0 aliphatic heterocycles. The maximum atomic E-state index is 5.45. The molecule has 0 fully saturated rings. The molecule has 0 aromatic rings. The second kappa shape index (κ2) is 23.7. The van der Waals surface area contributed by atoms with Gasteiger partial charge in [-0.2, -0.15) is 0 Å². The number of hydrogen-bond acceptors (Lipinski definition) is 8. The molecule has 0 saturated heterocycles. The molecule has 0 saturated carbocycles. The van der Waals surface area contributed by atoms with Crippen LogP contribution in [0.1, 0.15) is 6.42 Å². The molecule has 0 unspecified atom stereocenters. The van der Waals surface area contributed by atoms with Crippen LogP contribution in [0.15, 0.2) is 0 Å². The summed E-state index contributed by atoms with van der Waals surface area (Å²) in [5, 5.41) is 0. The minimum absolute atomic E-state index is 0.577. The predicted molar refractivity (Wildman–Crippen MR) is 93.3 cm³/mol. The number of ether oxygens (including phenoxy) is 8. The molecule has 8 nitrogen and oxygen atoms in total. The van der Waals surface area contributed by atoms with Gasteiger partial charge in [0.15, 0.2) is 0 Å². The Morgan fingerprint density at radius 1 is 0.320 bits per heavy atom. The lowest BCUT2D eigenvalue weighted by Gasteiger charge is -2.08. The summed E-state index contributed by atoms with van der Waals surface area (Å²) in [5.74, 6) is 0. The van der Waals surface area contributed by atoms with E-state index in [0.29, 0.717) is 92.5 Å². The average molecular weight is 368 g/mol. The monoisotopic (exact) mass is 368 g/mol. The van der Waals surface area contributed by atoms with Crippen LogP contribution in [-0.2, 0) is 37.9 Å². The fourth-order valence-corrected chi connectivity index (χ4v) is 1.63. The third-order valence-electron chi connectivity index (χ3n) is 2.93. The molecule has 0 N–H and O–H groups in total. The largest absolute Gasteiger partial charge is 0.382 e. The number of hydrogen-bond donors (Lipinski definition) is 0. The van der Waals surface area contributed by atoms with Crippen LogP contribution in [0.5, 0.6) is 0 Å². The molecule has 0 bridgehead atoms. The van der Waals surface area contributed by atoms with Crippen LogP contribution in [0, 0.1) is 0 Å². The van der Waals surface area contributed by atoms with Crippen LogP contribution in [0.3, 0.4) is 0 Å². The highest BCUT2D eigenvalue weighted by Gasteiger charge is 1.94. The van der Waals surface area contributed by atoms with Crippen molar-refractivity contribution < 1.29 is 37.9 Å². The van der Waals surface area contributed by atoms with E-state index in [9.17, 15) is 0 Å². The summed E-state index contributed by atoms with van der Waals surface area (Å²) in [5.41, 5.74) is 0. The molecule has 0 aliphatic rings. The molecule has 0 atom stereocenters. The first-order valence-corrected chi connectivity index (χ1v) is 8.86. The van der Waals surface area contributed by atoms with Gasteiger partial charge >= 0.3 is 0 Å². The smallest absolute Gasteiger partial charge is 0.0701 e. The zero-order chi connectivity index (χ0) is 18.3. The Morgan fingerprint density at radius 3 is 0.840 bits per heavy atom. The lowest BCUT2D eigenvalue weighted by atomic mass is 10.5. The number of rotatable bonds is 22.